The van der Waals surface area contributed by atoms with E-state index in [-0.39, 0.29) is 0 Å². The van der Waals surface area contributed by atoms with Crippen LogP contribution in [0.5, 0.6) is 0 Å². The van der Waals surface area contributed by atoms with E-state index in [2.05, 4.69) is 22.4 Å². The molecule has 0 fully saturated rings. The average Bonchev–Trinajstić information content (AvgIpc) is 2.78. The molecule has 1 aromatic heterocycles. The summed E-state index contributed by atoms with van der Waals surface area (Å²) < 4.78 is 10.3. The first-order chi connectivity index (χ1) is 8.36. The Labute approximate surface area is 107 Å². The zero-order valence-corrected chi connectivity index (χ0v) is 11.4. The van der Waals surface area contributed by atoms with Crippen molar-refractivity contribution in [2.45, 2.75) is 26.4 Å². The maximum atomic E-state index is 5.38. The normalized spacial score (nSPS) is 10.9. The van der Waals surface area contributed by atoms with Crippen molar-refractivity contribution in [3.63, 3.8) is 0 Å². The minimum absolute atomic E-state index is 0.531. The summed E-state index contributed by atoms with van der Waals surface area (Å²) in [5.74, 6) is 0. The van der Waals surface area contributed by atoms with Crippen molar-refractivity contribution in [2.24, 2.45) is 0 Å². The number of hydrogen-bond acceptors (Lipinski definition) is 6. The van der Waals surface area contributed by atoms with Crippen LogP contribution in [0.2, 0.25) is 0 Å². The van der Waals surface area contributed by atoms with E-state index in [9.17, 15) is 0 Å². The van der Waals surface area contributed by atoms with E-state index in [0.29, 0.717) is 19.8 Å². The number of rotatable bonds is 10. The van der Waals surface area contributed by atoms with Gasteiger partial charge in [-0.25, -0.2) is 0 Å². The van der Waals surface area contributed by atoms with Crippen molar-refractivity contribution in [2.75, 3.05) is 33.4 Å². The van der Waals surface area contributed by atoms with Gasteiger partial charge in [0.25, 0.3) is 0 Å². The molecule has 1 N–H and O–H groups in total. The van der Waals surface area contributed by atoms with E-state index in [1.165, 1.54) is 0 Å². The molecule has 0 aromatic carbocycles. The first-order valence-electron chi connectivity index (χ1n) is 5.95. The third kappa shape index (κ3) is 6.68. The molecule has 5 nitrogen and oxygen atoms in total. The molecule has 98 valence electrons. The second kappa shape index (κ2) is 9.47. The molecule has 0 saturated heterocycles. The Hall–Kier alpha value is -0.560. The van der Waals surface area contributed by atoms with Crippen molar-refractivity contribution < 1.29 is 9.47 Å². The van der Waals surface area contributed by atoms with Gasteiger partial charge in [0.15, 0.2) is 0 Å². The summed E-state index contributed by atoms with van der Waals surface area (Å²) in [4.78, 5) is 0. The third-order valence-corrected chi connectivity index (χ3v) is 3.06. The molecule has 0 unspecified atom stereocenters. The van der Waals surface area contributed by atoms with Crippen molar-refractivity contribution in [3.05, 3.63) is 10.0 Å². The van der Waals surface area contributed by atoms with Crippen LogP contribution in [0.3, 0.4) is 0 Å². The minimum atomic E-state index is 0.531. The lowest BCUT2D eigenvalue weighted by Crippen LogP contribution is -2.17. The van der Waals surface area contributed by atoms with Crippen LogP contribution in [0.25, 0.3) is 0 Å². The lowest BCUT2D eigenvalue weighted by Gasteiger charge is -1.99. The molecule has 0 atom stereocenters. The predicted molar refractivity (Wildman–Crippen MR) is 68.3 cm³/mol. The maximum Gasteiger partial charge on any atom is 0.143 e. The summed E-state index contributed by atoms with van der Waals surface area (Å²) >= 11 is 1.62. The van der Waals surface area contributed by atoms with Crippen molar-refractivity contribution in [1.82, 2.24) is 15.5 Å². The van der Waals surface area contributed by atoms with Crippen LogP contribution in [0.4, 0.5) is 0 Å². The van der Waals surface area contributed by atoms with E-state index in [4.69, 9.17) is 9.47 Å². The Kier molecular flexibility index (Phi) is 8.08. The molecule has 0 aliphatic heterocycles. The van der Waals surface area contributed by atoms with E-state index in [0.717, 1.165) is 35.9 Å². The zero-order chi connectivity index (χ0) is 12.3. The monoisotopic (exact) mass is 259 g/mol. The lowest BCUT2D eigenvalue weighted by molar-refractivity contribution is 0.0613. The van der Waals surface area contributed by atoms with Crippen LogP contribution >= 0.6 is 11.3 Å². The molecule has 1 aromatic rings. The second-order valence-corrected chi connectivity index (χ2v) is 4.78. The molecular formula is C11H21N3O2S. The van der Waals surface area contributed by atoms with Gasteiger partial charge in [0.2, 0.25) is 0 Å². The van der Waals surface area contributed by atoms with Crippen LogP contribution in [-0.4, -0.2) is 43.6 Å². The number of hydrogen-bond donors (Lipinski definition) is 1. The van der Waals surface area contributed by atoms with Gasteiger partial charge in [-0.3, -0.25) is 0 Å². The molecule has 0 amide bonds. The number of ether oxygens (including phenoxy) is 2. The number of aromatic nitrogens is 2. The number of nitrogens with one attached hydrogen (secondary N) is 1. The molecule has 0 radical (unpaired) electrons. The Morgan fingerprint density at radius 2 is 2.00 bits per heavy atom. The second-order valence-electron chi connectivity index (χ2n) is 3.63. The van der Waals surface area contributed by atoms with Crippen LogP contribution in [0.15, 0.2) is 0 Å². The fourth-order valence-electron chi connectivity index (χ4n) is 1.25. The molecule has 1 heterocycles. The first-order valence-corrected chi connectivity index (χ1v) is 6.77. The topological polar surface area (TPSA) is 56.3 Å². The molecule has 6 heteroatoms. The molecule has 17 heavy (non-hydrogen) atoms. The molecule has 0 aliphatic rings. The molecule has 0 spiro atoms. The van der Waals surface area contributed by atoms with Crippen molar-refractivity contribution in [1.29, 1.82) is 0 Å². The van der Waals surface area contributed by atoms with Crippen LogP contribution in [0.1, 0.15) is 23.4 Å². The van der Waals surface area contributed by atoms with Crippen LogP contribution < -0.4 is 5.32 Å². The standard InChI is InChI=1S/C11H21N3O2S/c1-3-5-12-6-4-10-13-14-11(17-10)9-16-8-7-15-2/h12H,3-9H2,1-2H3. The Morgan fingerprint density at radius 3 is 2.76 bits per heavy atom. The highest BCUT2D eigenvalue weighted by atomic mass is 32.1. The van der Waals surface area contributed by atoms with Gasteiger partial charge in [0.1, 0.15) is 16.6 Å². The quantitative estimate of drug-likeness (QED) is 0.641. The van der Waals surface area contributed by atoms with Gasteiger partial charge in [-0.15, -0.1) is 10.2 Å². The SMILES string of the molecule is CCCNCCc1nnc(COCCOC)s1. The lowest BCUT2D eigenvalue weighted by atomic mass is 10.4. The van der Waals surface area contributed by atoms with E-state index >= 15 is 0 Å². The number of nitrogens with zero attached hydrogens (tertiary/aromatic N) is 2. The van der Waals surface area contributed by atoms with E-state index < -0.39 is 0 Å². The highest BCUT2D eigenvalue weighted by molar-refractivity contribution is 7.11. The van der Waals surface area contributed by atoms with Crippen molar-refractivity contribution in [3.8, 4) is 0 Å². The third-order valence-electron chi connectivity index (χ3n) is 2.11. The summed E-state index contributed by atoms with van der Waals surface area (Å²) in [6, 6.07) is 0. The average molecular weight is 259 g/mol. The molecule has 0 bridgehead atoms. The fraction of sp³-hybridized carbons (Fsp3) is 0.818. The van der Waals surface area contributed by atoms with Gasteiger partial charge in [0, 0.05) is 20.1 Å². The zero-order valence-electron chi connectivity index (χ0n) is 10.6. The Bertz CT molecular complexity index is 267. The highest BCUT2D eigenvalue weighted by Gasteiger charge is 2.03. The smallest absolute Gasteiger partial charge is 0.143 e. The van der Waals surface area contributed by atoms with Gasteiger partial charge < -0.3 is 14.8 Å². The van der Waals surface area contributed by atoms with Gasteiger partial charge in [0.05, 0.1) is 13.2 Å². The van der Waals surface area contributed by atoms with Gasteiger partial charge in [-0.2, -0.15) is 0 Å². The van der Waals surface area contributed by atoms with Gasteiger partial charge in [-0.05, 0) is 13.0 Å². The maximum absolute atomic E-state index is 5.38. The predicted octanol–water partition coefficient (Wildman–Crippen LogP) is 1.24. The first kappa shape index (κ1) is 14.5. The largest absolute Gasteiger partial charge is 0.382 e. The van der Waals surface area contributed by atoms with E-state index in [1.54, 1.807) is 18.4 Å². The fourth-order valence-corrected chi connectivity index (χ4v) is 2.03. The highest BCUT2D eigenvalue weighted by Crippen LogP contribution is 2.10. The minimum Gasteiger partial charge on any atom is -0.382 e. The molecule has 0 aliphatic carbocycles. The van der Waals surface area contributed by atoms with Gasteiger partial charge in [-0.1, -0.05) is 18.3 Å². The summed E-state index contributed by atoms with van der Waals surface area (Å²) in [6.45, 7) is 5.94. The Balaban J connectivity index is 2.14. The molecule has 1 rings (SSSR count). The molecule has 0 saturated carbocycles. The van der Waals surface area contributed by atoms with E-state index in [1.807, 2.05) is 0 Å². The Morgan fingerprint density at radius 1 is 1.18 bits per heavy atom. The van der Waals surface area contributed by atoms with Crippen molar-refractivity contribution >= 4 is 11.3 Å². The summed E-state index contributed by atoms with van der Waals surface area (Å²) in [7, 11) is 1.66. The van der Waals surface area contributed by atoms with Crippen LogP contribution in [0, 0.1) is 0 Å². The summed E-state index contributed by atoms with van der Waals surface area (Å²) in [5.41, 5.74) is 0. The summed E-state index contributed by atoms with van der Waals surface area (Å²) in [6.07, 6.45) is 2.10. The van der Waals surface area contributed by atoms with Crippen LogP contribution in [-0.2, 0) is 22.5 Å². The number of methoxy groups -OCH3 is 1. The van der Waals surface area contributed by atoms with Gasteiger partial charge >= 0.3 is 0 Å². The summed E-state index contributed by atoms with van der Waals surface area (Å²) in [5, 5.41) is 13.6. The molecular weight excluding hydrogens is 238 g/mol.